The lowest BCUT2D eigenvalue weighted by Crippen LogP contribution is -2.30. The van der Waals surface area contributed by atoms with Crippen molar-refractivity contribution in [1.82, 2.24) is 0 Å². The highest BCUT2D eigenvalue weighted by Gasteiger charge is 2.30. The predicted molar refractivity (Wildman–Crippen MR) is 381 cm³/mol. The van der Waals surface area contributed by atoms with Crippen LogP contribution < -0.4 is 0 Å². The van der Waals surface area contributed by atoms with Gasteiger partial charge in [0.1, 0.15) is 19.3 Å². The molecule has 0 amide bonds. The zero-order chi connectivity index (χ0) is 69.0. The van der Waals surface area contributed by atoms with Crippen LogP contribution in [0.25, 0.3) is 0 Å². The first-order valence-corrected chi connectivity index (χ1v) is 41.2. The van der Waals surface area contributed by atoms with Crippen molar-refractivity contribution in [3.63, 3.8) is 0 Å². The van der Waals surface area contributed by atoms with Crippen molar-refractivity contribution in [2.45, 2.75) is 380 Å². The number of esters is 4. The second-order valence-corrected chi connectivity index (χ2v) is 28.9. The van der Waals surface area contributed by atoms with Crippen LogP contribution in [0.15, 0.2) is 36.5 Å². The van der Waals surface area contributed by atoms with Gasteiger partial charge in [-0.1, -0.05) is 295 Å². The van der Waals surface area contributed by atoms with E-state index in [1.807, 2.05) is 0 Å². The molecule has 5 atom stereocenters. The summed E-state index contributed by atoms with van der Waals surface area (Å²) in [5, 5.41) is 10.6. The molecule has 0 radical (unpaired) electrons. The zero-order valence-electron chi connectivity index (χ0n) is 60.2. The number of unbranched alkanes of at least 4 members (excludes halogenated alkanes) is 42. The van der Waals surface area contributed by atoms with Gasteiger partial charge in [-0.25, -0.2) is 9.13 Å². The first-order chi connectivity index (χ1) is 45.7. The number of rotatable bonds is 73. The van der Waals surface area contributed by atoms with Crippen LogP contribution in [0.5, 0.6) is 0 Å². The molecule has 0 aliphatic rings. The van der Waals surface area contributed by atoms with E-state index in [4.69, 9.17) is 37.0 Å². The van der Waals surface area contributed by atoms with Gasteiger partial charge in [0.15, 0.2) is 12.2 Å². The van der Waals surface area contributed by atoms with E-state index in [1.165, 1.54) is 161 Å². The summed E-state index contributed by atoms with van der Waals surface area (Å²) in [5.74, 6) is -2.16. The minimum atomic E-state index is -4.96. The average Bonchev–Trinajstić information content (AvgIpc) is 1.67. The predicted octanol–water partition coefficient (Wildman–Crippen LogP) is 21.6. The standard InChI is InChI=1S/C75H140O17P2/c1-5-9-13-17-21-25-29-33-34-38-40-44-48-52-56-60-73(78)86-66-71(92-75(80)62-58-54-50-46-42-37-32-28-24-20-16-12-8-4)68-90-94(83,84)88-64-69(76)63-87-93(81,82)89-67-70(91-74(79)61-57-53-49-45-41-36-31-27-23-19-15-11-7-3)65-85-72(77)59-55-51-47-43-39-35-30-26-22-18-14-10-6-2/h25,27,29,31,33-34,69-71,76H,5-24,26,28,30,32,35-68H2,1-4H3,(H,81,82)(H,83,84)/b29-25-,31-27-,34-33-/t69-,70+,71+/m0/s1. The van der Waals surface area contributed by atoms with Crippen molar-refractivity contribution in [2.24, 2.45) is 0 Å². The number of ether oxygens (including phenoxy) is 4. The fourth-order valence-corrected chi connectivity index (χ4v) is 12.3. The second kappa shape index (κ2) is 68.8. The molecule has 2 unspecified atom stereocenters. The van der Waals surface area contributed by atoms with Gasteiger partial charge in [0.25, 0.3) is 0 Å². The molecular formula is C75H140O17P2. The van der Waals surface area contributed by atoms with Crippen molar-refractivity contribution in [3.05, 3.63) is 36.5 Å². The third kappa shape index (κ3) is 67.8. The van der Waals surface area contributed by atoms with Crippen molar-refractivity contribution in [1.29, 1.82) is 0 Å². The number of aliphatic hydroxyl groups is 1. The van der Waals surface area contributed by atoms with E-state index in [9.17, 15) is 43.2 Å². The molecular weight excluding hydrogens is 1230 g/mol. The number of allylic oxidation sites excluding steroid dienone is 6. The van der Waals surface area contributed by atoms with E-state index < -0.39 is 97.5 Å². The fraction of sp³-hybridized carbons (Fsp3) is 0.867. The van der Waals surface area contributed by atoms with Crippen molar-refractivity contribution in [2.75, 3.05) is 39.6 Å². The van der Waals surface area contributed by atoms with Crippen LogP contribution >= 0.6 is 15.6 Å². The molecule has 0 spiro atoms. The highest BCUT2D eigenvalue weighted by Crippen LogP contribution is 2.45. The highest BCUT2D eigenvalue weighted by atomic mass is 31.2. The first-order valence-electron chi connectivity index (χ1n) is 38.2. The van der Waals surface area contributed by atoms with Crippen LogP contribution in [0.1, 0.15) is 362 Å². The SMILES string of the molecule is CCCCCC/C=C\C=C/CCCCCCCC(=O)OC[C@H](COP(=O)(O)OC[C@@H](O)COP(=O)(O)OC[C@@H](COC(=O)CCCCCCCCCCCCCCC)OC(=O)CCCCCCC/C=C\CCCCCC)OC(=O)CCCCCCCCCCCCCCC. The molecule has 17 nitrogen and oxygen atoms in total. The summed E-state index contributed by atoms with van der Waals surface area (Å²) in [6.07, 6.45) is 62.7. The third-order valence-corrected chi connectivity index (χ3v) is 18.5. The summed E-state index contributed by atoms with van der Waals surface area (Å²) in [6.45, 7) is 4.88. The van der Waals surface area contributed by atoms with E-state index in [0.29, 0.717) is 25.7 Å². The fourth-order valence-electron chi connectivity index (χ4n) is 10.7. The number of carbonyl (C=O) groups is 4. The molecule has 0 saturated heterocycles. The van der Waals surface area contributed by atoms with Crippen LogP contribution in [0.3, 0.4) is 0 Å². The lowest BCUT2D eigenvalue weighted by molar-refractivity contribution is -0.161. The Morgan fingerprint density at radius 1 is 0.298 bits per heavy atom. The molecule has 0 aliphatic heterocycles. The molecule has 0 rings (SSSR count). The number of hydrogen-bond donors (Lipinski definition) is 3. The molecule has 19 heteroatoms. The summed E-state index contributed by atoms with van der Waals surface area (Å²) in [4.78, 5) is 72.7. The van der Waals surface area contributed by atoms with Gasteiger partial charge in [0, 0.05) is 25.7 Å². The highest BCUT2D eigenvalue weighted by molar-refractivity contribution is 7.47. The minimum absolute atomic E-state index is 0.0921. The Bertz CT molecular complexity index is 1930. The smallest absolute Gasteiger partial charge is 0.462 e. The Kier molecular flexibility index (Phi) is 66.8. The topological polar surface area (TPSA) is 237 Å². The van der Waals surface area contributed by atoms with E-state index in [-0.39, 0.29) is 25.7 Å². The molecule has 0 bridgehead atoms. The molecule has 0 saturated carbocycles. The number of hydrogen-bond acceptors (Lipinski definition) is 15. The summed E-state index contributed by atoms with van der Waals surface area (Å²) in [5.41, 5.74) is 0. The molecule has 94 heavy (non-hydrogen) atoms. The van der Waals surface area contributed by atoms with Crippen LogP contribution in [0.4, 0.5) is 0 Å². The average molecular weight is 1380 g/mol. The van der Waals surface area contributed by atoms with Crippen molar-refractivity contribution in [3.8, 4) is 0 Å². The van der Waals surface area contributed by atoms with Crippen LogP contribution in [-0.2, 0) is 65.4 Å². The molecule has 0 heterocycles. The van der Waals surface area contributed by atoms with Gasteiger partial charge in [-0.05, 0) is 77.0 Å². The van der Waals surface area contributed by atoms with Crippen molar-refractivity contribution >= 4 is 39.5 Å². The summed E-state index contributed by atoms with van der Waals surface area (Å²) in [7, 11) is -9.93. The van der Waals surface area contributed by atoms with Gasteiger partial charge in [0.2, 0.25) is 0 Å². The van der Waals surface area contributed by atoms with Gasteiger partial charge >= 0.3 is 39.5 Å². The van der Waals surface area contributed by atoms with Gasteiger partial charge in [-0.3, -0.25) is 37.3 Å². The molecule has 3 N–H and O–H groups in total. The van der Waals surface area contributed by atoms with E-state index >= 15 is 0 Å². The molecule has 552 valence electrons. The summed E-state index contributed by atoms with van der Waals surface area (Å²) < 4.78 is 68.4. The van der Waals surface area contributed by atoms with Gasteiger partial charge < -0.3 is 33.8 Å². The largest absolute Gasteiger partial charge is 0.472 e. The normalized spacial score (nSPS) is 14.2. The van der Waals surface area contributed by atoms with Crippen LogP contribution in [0, 0.1) is 0 Å². The van der Waals surface area contributed by atoms with Crippen LogP contribution in [-0.4, -0.2) is 96.7 Å². The van der Waals surface area contributed by atoms with Gasteiger partial charge in [-0.2, -0.15) is 0 Å². The zero-order valence-corrected chi connectivity index (χ0v) is 61.9. The maximum atomic E-state index is 13.1. The number of phosphoric acid groups is 2. The first kappa shape index (κ1) is 91.3. The molecule has 0 fully saturated rings. The monoisotopic (exact) mass is 1370 g/mol. The maximum Gasteiger partial charge on any atom is 0.472 e. The quantitative estimate of drug-likeness (QED) is 0.0128. The van der Waals surface area contributed by atoms with Crippen LogP contribution in [0.2, 0.25) is 0 Å². The number of aliphatic hydroxyl groups excluding tert-OH is 1. The Morgan fingerprint density at radius 3 is 0.809 bits per heavy atom. The Balaban J connectivity index is 5.30. The Hall–Kier alpha value is -2.72. The second-order valence-electron chi connectivity index (χ2n) is 26.0. The molecule has 0 aliphatic carbocycles. The summed E-state index contributed by atoms with van der Waals surface area (Å²) in [6, 6.07) is 0. The van der Waals surface area contributed by atoms with Crippen molar-refractivity contribution < 1.29 is 80.2 Å². The lowest BCUT2D eigenvalue weighted by Gasteiger charge is -2.21. The molecule has 0 aromatic rings. The minimum Gasteiger partial charge on any atom is -0.462 e. The number of phosphoric ester groups is 2. The van der Waals surface area contributed by atoms with E-state index in [1.54, 1.807) is 0 Å². The third-order valence-electron chi connectivity index (χ3n) is 16.6. The van der Waals surface area contributed by atoms with Gasteiger partial charge in [-0.15, -0.1) is 0 Å². The Labute approximate surface area is 573 Å². The summed E-state index contributed by atoms with van der Waals surface area (Å²) >= 11 is 0. The lowest BCUT2D eigenvalue weighted by atomic mass is 10.0. The number of carbonyl (C=O) groups excluding carboxylic acids is 4. The van der Waals surface area contributed by atoms with E-state index in [2.05, 4.69) is 64.2 Å². The molecule has 0 aromatic carbocycles. The maximum absolute atomic E-state index is 13.1. The van der Waals surface area contributed by atoms with Gasteiger partial charge in [0.05, 0.1) is 26.4 Å². The Morgan fingerprint density at radius 2 is 0.521 bits per heavy atom. The van der Waals surface area contributed by atoms with E-state index in [0.717, 1.165) is 122 Å². The molecule has 0 aromatic heterocycles.